The SMILES string of the molecule is Cc1ccccc1-c1n[nH]c2cc(Oc3ccc(F)cc3F)c(=O)n(C)c12. The number of aromatic nitrogens is 3. The number of H-pyrrole nitrogens is 1. The molecule has 4 aromatic rings. The molecular weight excluding hydrogens is 352 g/mol. The fourth-order valence-electron chi connectivity index (χ4n) is 3.03. The van der Waals surface area contributed by atoms with Crippen LogP contribution in [0.1, 0.15) is 5.56 Å². The molecule has 0 saturated heterocycles. The molecule has 0 bridgehead atoms. The molecule has 2 heterocycles. The first-order chi connectivity index (χ1) is 13.0. The summed E-state index contributed by atoms with van der Waals surface area (Å²) in [6.45, 7) is 1.96. The van der Waals surface area contributed by atoms with Crippen LogP contribution in [0.3, 0.4) is 0 Å². The molecule has 0 spiro atoms. The van der Waals surface area contributed by atoms with Crippen LogP contribution in [0, 0.1) is 18.6 Å². The maximum absolute atomic E-state index is 13.9. The van der Waals surface area contributed by atoms with E-state index in [9.17, 15) is 13.6 Å². The Bertz CT molecular complexity index is 1230. The third-order valence-electron chi connectivity index (χ3n) is 4.41. The number of pyridine rings is 1. The Labute approximate surface area is 152 Å². The molecule has 4 rings (SSSR count). The Kier molecular flexibility index (Phi) is 3.99. The smallest absolute Gasteiger partial charge is 0.293 e. The van der Waals surface area contributed by atoms with Crippen LogP contribution in [0.2, 0.25) is 0 Å². The van der Waals surface area contributed by atoms with E-state index in [1.165, 1.54) is 10.6 Å². The summed E-state index contributed by atoms with van der Waals surface area (Å²) in [6.07, 6.45) is 0. The average Bonchev–Trinajstić information content (AvgIpc) is 3.05. The minimum absolute atomic E-state index is 0.0875. The number of ether oxygens (including phenoxy) is 1. The second kappa shape index (κ2) is 6.35. The van der Waals surface area contributed by atoms with Crippen LogP contribution in [0.25, 0.3) is 22.3 Å². The molecule has 5 nitrogen and oxygen atoms in total. The Hall–Kier alpha value is -3.48. The molecule has 27 heavy (non-hydrogen) atoms. The summed E-state index contributed by atoms with van der Waals surface area (Å²) in [5, 5.41) is 7.23. The van der Waals surface area contributed by atoms with Gasteiger partial charge in [-0.15, -0.1) is 0 Å². The highest BCUT2D eigenvalue weighted by atomic mass is 19.1. The van der Waals surface area contributed by atoms with Gasteiger partial charge in [0.2, 0.25) is 0 Å². The van der Waals surface area contributed by atoms with Crippen molar-refractivity contribution in [1.82, 2.24) is 14.8 Å². The van der Waals surface area contributed by atoms with Crippen molar-refractivity contribution >= 4 is 11.0 Å². The van der Waals surface area contributed by atoms with Gasteiger partial charge in [-0.2, -0.15) is 5.10 Å². The highest BCUT2D eigenvalue weighted by Gasteiger charge is 2.18. The summed E-state index contributed by atoms with van der Waals surface area (Å²) in [4.78, 5) is 12.7. The van der Waals surface area contributed by atoms with Gasteiger partial charge in [0.15, 0.2) is 17.3 Å². The molecule has 0 atom stereocenters. The lowest BCUT2D eigenvalue weighted by molar-refractivity contribution is 0.430. The van der Waals surface area contributed by atoms with E-state index in [4.69, 9.17) is 4.74 Å². The number of fused-ring (bicyclic) bond motifs is 1. The first-order valence-electron chi connectivity index (χ1n) is 8.22. The Morgan fingerprint density at radius 1 is 1.07 bits per heavy atom. The highest BCUT2D eigenvalue weighted by Crippen LogP contribution is 2.30. The molecule has 7 heteroatoms. The lowest BCUT2D eigenvalue weighted by atomic mass is 10.0. The summed E-state index contributed by atoms with van der Waals surface area (Å²) >= 11 is 0. The fourth-order valence-corrected chi connectivity index (χ4v) is 3.03. The normalized spacial score (nSPS) is 11.1. The number of hydrogen-bond acceptors (Lipinski definition) is 3. The van der Waals surface area contributed by atoms with E-state index >= 15 is 0 Å². The summed E-state index contributed by atoms with van der Waals surface area (Å²) in [6, 6.07) is 12.1. The van der Waals surface area contributed by atoms with Crippen LogP contribution >= 0.6 is 0 Å². The van der Waals surface area contributed by atoms with Gasteiger partial charge in [0, 0.05) is 24.7 Å². The first kappa shape index (κ1) is 17.0. The van der Waals surface area contributed by atoms with Crippen molar-refractivity contribution in [1.29, 1.82) is 0 Å². The number of hydrogen-bond donors (Lipinski definition) is 1. The summed E-state index contributed by atoms with van der Waals surface area (Å²) in [5.41, 5.74) is 3.28. The molecule has 0 saturated carbocycles. The third-order valence-corrected chi connectivity index (χ3v) is 4.41. The minimum Gasteiger partial charge on any atom is -0.448 e. The first-order valence-corrected chi connectivity index (χ1v) is 8.22. The Balaban J connectivity index is 1.86. The molecule has 1 N–H and O–H groups in total. The maximum Gasteiger partial charge on any atom is 0.293 e. The predicted molar refractivity (Wildman–Crippen MR) is 97.9 cm³/mol. The highest BCUT2D eigenvalue weighted by molar-refractivity contribution is 5.91. The van der Waals surface area contributed by atoms with Crippen molar-refractivity contribution in [2.45, 2.75) is 6.92 Å². The van der Waals surface area contributed by atoms with E-state index in [0.29, 0.717) is 22.8 Å². The van der Waals surface area contributed by atoms with E-state index < -0.39 is 17.2 Å². The molecule has 0 aliphatic heterocycles. The third kappa shape index (κ3) is 2.87. The van der Waals surface area contributed by atoms with Gasteiger partial charge in [-0.1, -0.05) is 24.3 Å². The van der Waals surface area contributed by atoms with E-state index in [1.54, 1.807) is 7.05 Å². The van der Waals surface area contributed by atoms with Gasteiger partial charge in [0.1, 0.15) is 11.5 Å². The number of aryl methyl sites for hydroxylation is 2. The number of nitrogens with one attached hydrogen (secondary N) is 1. The largest absolute Gasteiger partial charge is 0.448 e. The fraction of sp³-hybridized carbons (Fsp3) is 0.100. The molecule has 2 aromatic heterocycles. The van der Waals surface area contributed by atoms with Crippen molar-refractivity contribution in [3.05, 3.63) is 76.1 Å². The minimum atomic E-state index is -0.887. The number of nitrogens with zero attached hydrogens (tertiary/aromatic N) is 2. The Morgan fingerprint density at radius 2 is 1.85 bits per heavy atom. The number of benzene rings is 2. The van der Waals surface area contributed by atoms with Gasteiger partial charge >= 0.3 is 0 Å². The lowest BCUT2D eigenvalue weighted by Crippen LogP contribution is -2.18. The molecule has 0 amide bonds. The van der Waals surface area contributed by atoms with Crippen molar-refractivity contribution < 1.29 is 13.5 Å². The quantitative estimate of drug-likeness (QED) is 0.587. The van der Waals surface area contributed by atoms with Gasteiger partial charge in [-0.05, 0) is 24.6 Å². The van der Waals surface area contributed by atoms with E-state index in [-0.39, 0.29) is 11.5 Å². The molecule has 0 radical (unpaired) electrons. The number of halogens is 2. The molecule has 136 valence electrons. The predicted octanol–water partition coefficient (Wildman–Crippen LogP) is 4.31. The molecule has 2 aromatic carbocycles. The zero-order valence-electron chi connectivity index (χ0n) is 14.6. The maximum atomic E-state index is 13.9. The lowest BCUT2D eigenvalue weighted by Gasteiger charge is -2.10. The van der Waals surface area contributed by atoms with Crippen LogP contribution in [0.5, 0.6) is 11.5 Å². The van der Waals surface area contributed by atoms with Crippen molar-refractivity contribution in [3.8, 4) is 22.8 Å². The standard InChI is InChI=1S/C20H15F2N3O2/c1-11-5-3-4-6-13(11)18-19-15(23-24-18)10-17(20(26)25(19)2)27-16-8-7-12(21)9-14(16)22/h3-10H,1-2H3,(H,23,24). The van der Waals surface area contributed by atoms with E-state index in [0.717, 1.165) is 23.3 Å². The van der Waals surface area contributed by atoms with Gasteiger partial charge < -0.3 is 9.30 Å². The summed E-state index contributed by atoms with van der Waals surface area (Å²) < 4.78 is 33.7. The number of aromatic amines is 1. The second-order valence-corrected chi connectivity index (χ2v) is 6.20. The molecular formula is C20H15F2N3O2. The average molecular weight is 367 g/mol. The van der Waals surface area contributed by atoms with Crippen LogP contribution in [0.15, 0.2) is 53.3 Å². The second-order valence-electron chi connectivity index (χ2n) is 6.20. The van der Waals surface area contributed by atoms with Gasteiger partial charge in [-0.3, -0.25) is 9.89 Å². The molecule has 0 aliphatic rings. The molecule has 0 aliphatic carbocycles. The van der Waals surface area contributed by atoms with Gasteiger partial charge in [0.05, 0.1) is 11.0 Å². The van der Waals surface area contributed by atoms with Crippen molar-refractivity contribution in [2.75, 3.05) is 0 Å². The molecule has 0 unspecified atom stereocenters. The van der Waals surface area contributed by atoms with Crippen LogP contribution < -0.4 is 10.3 Å². The van der Waals surface area contributed by atoms with E-state index in [1.807, 2.05) is 31.2 Å². The summed E-state index contributed by atoms with van der Waals surface area (Å²) in [5.74, 6) is -1.93. The topological polar surface area (TPSA) is 59.9 Å². The van der Waals surface area contributed by atoms with Crippen LogP contribution in [0.4, 0.5) is 8.78 Å². The van der Waals surface area contributed by atoms with Crippen LogP contribution in [-0.4, -0.2) is 14.8 Å². The Morgan fingerprint density at radius 3 is 2.59 bits per heavy atom. The zero-order chi connectivity index (χ0) is 19.1. The van der Waals surface area contributed by atoms with Gasteiger partial charge in [-0.25, -0.2) is 8.78 Å². The van der Waals surface area contributed by atoms with Crippen molar-refractivity contribution in [3.63, 3.8) is 0 Å². The van der Waals surface area contributed by atoms with E-state index in [2.05, 4.69) is 10.2 Å². The van der Waals surface area contributed by atoms with Crippen molar-refractivity contribution in [2.24, 2.45) is 7.05 Å². The summed E-state index contributed by atoms with van der Waals surface area (Å²) in [7, 11) is 1.59. The monoisotopic (exact) mass is 367 g/mol. The van der Waals surface area contributed by atoms with Crippen LogP contribution in [-0.2, 0) is 7.05 Å². The zero-order valence-corrected chi connectivity index (χ0v) is 14.6. The molecule has 0 fully saturated rings. The number of rotatable bonds is 3. The van der Waals surface area contributed by atoms with Gasteiger partial charge in [0.25, 0.3) is 5.56 Å².